The van der Waals surface area contributed by atoms with Crippen LogP contribution in [0.1, 0.15) is 44.0 Å². The molecule has 0 atom stereocenters. The zero-order valence-electron chi connectivity index (χ0n) is 20.4. The lowest BCUT2D eigenvalue weighted by molar-refractivity contribution is 0.0983. The third kappa shape index (κ3) is 6.02. The van der Waals surface area contributed by atoms with Crippen molar-refractivity contribution in [3.05, 3.63) is 54.1 Å². The van der Waals surface area contributed by atoms with Gasteiger partial charge in [0.15, 0.2) is 5.13 Å². The number of aromatic nitrogens is 1. The number of amides is 1. The number of thiazole rings is 1. The van der Waals surface area contributed by atoms with Gasteiger partial charge in [0.05, 0.1) is 15.1 Å². The van der Waals surface area contributed by atoms with E-state index in [0.717, 1.165) is 42.7 Å². The number of benzene rings is 2. The van der Waals surface area contributed by atoms with Crippen molar-refractivity contribution in [2.45, 2.75) is 38.5 Å². The number of carbonyl (C=O) groups is 1. The van der Waals surface area contributed by atoms with E-state index < -0.39 is 10.0 Å². The summed E-state index contributed by atoms with van der Waals surface area (Å²) in [4.78, 5) is 22.4. The monoisotopic (exact) mass is 502 g/mol. The van der Waals surface area contributed by atoms with Crippen molar-refractivity contribution in [3.8, 4) is 0 Å². The molecule has 3 rings (SSSR count). The largest absolute Gasteiger partial charge is 0.302 e. The fourth-order valence-corrected chi connectivity index (χ4v) is 5.85. The highest BCUT2D eigenvalue weighted by Crippen LogP contribution is 2.30. The molecule has 0 fully saturated rings. The van der Waals surface area contributed by atoms with Gasteiger partial charge in [-0.1, -0.05) is 50.7 Å². The van der Waals surface area contributed by atoms with Crippen molar-refractivity contribution >= 4 is 42.6 Å². The second kappa shape index (κ2) is 11.9. The molecule has 0 saturated heterocycles. The van der Waals surface area contributed by atoms with E-state index in [2.05, 4.69) is 18.7 Å². The van der Waals surface area contributed by atoms with E-state index in [-0.39, 0.29) is 10.8 Å². The van der Waals surface area contributed by atoms with Crippen LogP contribution < -0.4 is 4.90 Å². The maximum Gasteiger partial charge on any atom is 0.260 e. The van der Waals surface area contributed by atoms with Crippen LogP contribution in [-0.4, -0.2) is 68.3 Å². The Hall–Kier alpha value is -2.33. The van der Waals surface area contributed by atoms with E-state index in [1.54, 1.807) is 24.1 Å². The van der Waals surface area contributed by atoms with Crippen LogP contribution in [0.5, 0.6) is 0 Å². The minimum absolute atomic E-state index is 0.186. The summed E-state index contributed by atoms with van der Waals surface area (Å²) < 4.78 is 28.1. The van der Waals surface area contributed by atoms with Crippen molar-refractivity contribution in [3.63, 3.8) is 0 Å². The first-order valence-corrected chi connectivity index (χ1v) is 14.0. The molecule has 0 N–H and O–H groups in total. The van der Waals surface area contributed by atoms with Crippen molar-refractivity contribution in [2.24, 2.45) is 0 Å². The standard InChI is InChI=1S/C25H34N4O3S2/c1-5-8-17-27(4)34(31,32)21-15-13-20(14-16-21)24(30)29(19-18-28(6-2)7-3)25-26-22-11-9-10-12-23(22)33-25/h9-16H,5-8,17-19H2,1-4H3. The fraction of sp³-hybridized carbons (Fsp3) is 0.440. The Morgan fingerprint density at radius 2 is 1.62 bits per heavy atom. The summed E-state index contributed by atoms with van der Waals surface area (Å²) >= 11 is 1.49. The summed E-state index contributed by atoms with van der Waals surface area (Å²) in [5.41, 5.74) is 1.30. The minimum Gasteiger partial charge on any atom is -0.302 e. The van der Waals surface area contributed by atoms with E-state index in [0.29, 0.717) is 23.8 Å². The van der Waals surface area contributed by atoms with E-state index in [4.69, 9.17) is 4.98 Å². The van der Waals surface area contributed by atoms with Crippen molar-refractivity contribution < 1.29 is 13.2 Å². The van der Waals surface area contributed by atoms with E-state index in [1.165, 1.54) is 27.8 Å². The smallest absolute Gasteiger partial charge is 0.260 e. The van der Waals surface area contributed by atoms with Crippen LogP contribution in [0, 0.1) is 0 Å². The Labute approximate surface area is 207 Å². The van der Waals surface area contributed by atoms with Crippen LogP contribution in [0.2, 0.25) is 0 Å². The number of anilines is 1. The topological polar surface area (TPSA) is 73.8 Å². The first-order chi connectivity index (χ1) is 16.3. The Morgan fingerprint density at radius 3 is 2.24 bits per heavy atom. The van der Waals surface area contributed by atoms with Gasteiger partial charge in [-0.25, -0.2) is 17.7 Å². The number of unbranched alkanes of at least 4 members (excludes halogenated alkanes) is 1. The van der Waals surface area contributed by atoms with Crippen LogP contribution in [-0.2, 0) is 10.0 Å². The molecule has 1 amide bonds. The van der Waals surface area contributed by atoms with Crippen LogP contribution >= 0.6 is 11.3 Å². The van der Waals surface area contributed by atoms with Gasteiger partial charge in [-0.2, -0.15) is 0 Å². The molecule has 0 saturated carbocycles. The van der Waals surface area contributed by atoms with E-state index in [1.807, 2.05) is 31.2 Å². The molecule has 0 unspecified atom stereocenters. The molecule has 1 heterocycles. The van der Waals surface area contributed by atoms with Gasteiger partial charge in [0.2, 0.25) is 10.0 Å². The highest BCUT2D eigenvalue weighted by molar-refractivity contribution is 7.89. The first-order valence-electron chi connectivity index (χ1n) is 11.8. The predicted molar refractivity (Wildman–Crippen MR) is 140 cm³/mol. The average molecular weight is 503 g/mol. The number of nitrogens with zero attached hydrogens (tertiary/aromatic N) is 4. The molecular weight excluding hydrogens is 468 g/mol. The Kier molecular flexibility index (Phi) is 9.18. The highest BCUT2D eigenvalue weighted by Gasteiger charge is 2.24. The first kappa shape index (κ1) is 26.3. The molecule has 0 spiro atoms. The molecule has 0 bridgehead atoms. The number of carbonyl (C=O) groups excluding carboxylic acids is 1. The number of fused-ring (bicyclic) bond motifs is 1. The zero-order chi connectivity index (χ0) is 24.7. The summed E-state index contributed by atoms with van der Waals surface area (Å²) in [5.74, 6) is -0.186. The third-order valence-corrected chi connectivity index (χ3v) is 8.86. The molecule has 184 valence electrons. The molecule has 3 aromatic rings. The quantitative estimate of drug-likeness (QED) is 0.359. The summed E-state index contributed by atoms with van der Waals surface area (Å²) in [6.07, 6.45) is 1.72. The van der Waals surface area contributed by atoms with Gasteiger partial charge in [-0.05, 0) is 55.9 Å². The highest BCUT2D eigenvalue weighted by atomic mass is 32.2. The van der Waals surface area contributed by atoms with Gasteiger partial charge >= 0.3 is 0 Å². The number of sulfonamides is 1. The maximum atomic E-state index is 13.6. The zero-order valence-corrected chi connectivity index (χ0v) is 22.0. The van der Waals surface area contributed by atoms with Crippen LogP contribution in [0.15, 0.2) is 53.4 Å². The van der Waals surface area contributed by atoms with Gasteiger partial charge in [0.25, 0.3) is 5.91 Å². The van der Waals surface area contributed by atoms with Gasteiger partial charge in [0, 0.05) is 32.2 Å². The minimum atomic E-state index is -3.58. The summed E-state index contributed by atoms with van der Waals surface area (Å²) in [5, 5.41) is 0.648. The lowest BCUT2D eigenvalue weighted by Gasteiger charge is -2.25. The van der Waals surface area contributed by atoms with Gasteiger partial charge in [-0.3, -0.25) is 9.69 Å². The number of rotatable bonds is 12. The van der Waals surface area contributed by atoms with E-state index in [9.17, 15) is 13.2 Å². The Bertz CT molecular complexity index is 1160. The van der Waals surface area contributed by atoms with E-state index >= 15 is 0 Å². The molecule has 0 aliphatic carbocycles. The van der Waals surface area contributed by atoms with Crippen molar-refractivity contribution in [1.29, 1.82) is 0 Å². The lowest BCUT2D eigenvalue weighted by atomic mass is 10.2. The molecule has 0 radical (unpaired) electrons. The van der Waals surface area contributed by atoms with Crippen LogP contribution in [0.3, 0.4) is 0 Å². The second-order valence-electron chi connectivity index (χ2n) is 8.15. The lowest BCUT2D eigenvalue weighted by Crippen LogP contribution is -2.38. The van der Waals surface area contributed by atoms with Crippen LogP contribution in [0.4, 0.5) is 5.13 Å². The number of hydrogen-bond acceptors (Lipinski definition) is 6. The number of likely N-dealkylation sites (N-methyl/N-ethyl adjacent to an activating group) is 1. The predicted octanol–water partition coefficient (Wildman–Crippen LogP) is 4.71. The normalized spacial score (nSPS) is 12.1. The maximum absolute atomic E-state index is 13.6. The third-order valence-electron chi connectivity index (χ3n) is 5.93. The van der Waals surface area contributed by atoms with Crippen molar-refractivity contribution in [2.75, 3.05) is 44.7 Å². The SMILES string of the molecule is CCCCN(C)S(=O)(=O)c1ccc(C(=O)N(CCN(CC)CC)c2nc3ccccc3s2)cc1. The molecule has 0 aliphatic heterocycles. The van der Waals surface area contributed by atoms with Gasteiger partial charge in [0.1, 0.15) is 0 Å². The number of para-hydroxylation sites is 1. The van der Waals surface area contributed by atoms with Gasteiger partial charge < -0.3 is 4.90 Å². The molecule has 2 aromatic carbocycles. The molecule has 34 heavy (non-hydrogen) atoms. The average Bonchev–Trinajstić information content (AvgIpc) is 3.28. The molecule has 0 aliphatic rings. The Balaban J connectivity index is 1.88. The number of hydrogen-bond donors (Lipinski definition) is 0. The van der Waals surface area contributed by atoms with Gasteiger partial charge in [-0.15, -0.1) is 0 Å². The summed E-state index contributed by atoms with van der Waals surface area (Å²) in [6, 6.07) is 14.1. The molecular formula is C25H34N4O3S2. The second-order valence-corrected chi connectivity index (χ2v) is 11.2. The molecule has 7 nitrogen and oxygen atoms in total. The molecule has 1 aromatic heterocycles. The summed E-state index contributed by atoms with van der Waals surface area (Å²) in [7, 11) is -1.99. The fourth-order valence-electron chi connectivity index (χ4n) is 3.65. The summed E-state index contributed by atoms with van der Waals surface area (Å²) in [6.45, 7) is 9.72. The van der Waals surface area contributed by atoms with Crippen molar-refractivity contribution in [1.82, 2.24) is 14.2 Å². The molecule has 9 heteroatoms. The Morgan fingerprint density at radius 1 is 0.941 bits per heavy atom. The van der Waals surface area contributed by atoms with Crippen LogP contribution in [0.25, 0.3) is 10.2 Å².